The molecule has 0 radical (unpaired) electrons. The fourth-order valence-corrected chi connectivity index (χ4v) is 3.45. The largest absolute Gasteiger partial charge is 0.465 e. The van der Waals surface area contributed by atoms with Crippen molar-refractivity contribution in [2.75, 3.05) is 13.7 Å². The predicted molar refractivity (Wildman–Crippen MR) is 117 cm³/mol. The number of hydrogen-bond donors (Lipinski definition) is 2. The van der Waals surface area contributed by atoms with E-state index in [0.717, 1.165) is 12.8 Å². The number of carbonyl (C=O) groups excluding carboxylic acids is 2. The lowest BCUT2D eigenvalue weighted by molar-refractivity contribution is -0.121. The number of methoxy groups -OCH3 is 1. The molecule has 7 nitrogen and oxygen atoms in total. The van der Waals surface area contributed by atoms with Crippen molar-refractivity contribution in [3.05, 3.63) is 74.8 Å². The summed E-state index contributed by atoms with van der Waals surface area (Å²) in [5.41, 5.74) is 1.70. The number of aromatic nitrogens is 2. The van der Waals surface area contributed by atoms with E-state index in [0.29, 0.717) is 23.0 Å². The van der Waals surface area contributed by atoms with Crippen LogP contribution >= 0.6 is 12.2 Å². The topological polar surface area (TPSA) is 93.2 Å². The molecule has 0 saturated carbocycles. The number of ether oxygens (including phenoxy) is 1. The van der Waals surface area contributed by atoms with Gasteiger partial charge in [0.2, 0.25) is 5.91 Å². The molecule has 3 aromatic rings. The number of rotatable bonds is 8. The molecule has 1 amide bonds. The minimum absolute atomic E-state index is 0.134. The van der Waals surface area contributed by atoms with Gasteiger partial charge in [-0.2, -0.15) is 0 Å². The molecule has 0 aliphatic heterocycles. The Bertz CT molecular complexity index is 1170. The summed E-state index contributed by atoms with van der Waals surface area (Å²) >= 11 is 5.28. The molecule has 3 rings (SSSR count). The summed E-state index contributed by atoms with van der Waals surface area (Å²) in [6.45, 7) is 0.747. The number of nitrogens with one attached hydrogen (secondary N) is 2. The maximum atomic E-state index is 12.8. The minimum Gasteiger partial charge on any atom is -0.465 e. The van der Waals surface area contributed by atoms with Gasteiger partial charge in [-0.3, -0.25) is 14.2 Å². The third-order valence-electron chi connectivity index (χ3n) is 4.77. The van der Waals surface area contributed by atoms with Crippen molar-refractivity contribution in [1.82, 2.24) is 14.9 Å². The Hall–Kier alpha value is -3.26. The number of hydrogen-bond acceptors (Lipinski definition) is 5. The van der Waals surface area contributed by atoms with Gasteiger partial charge in [0.05, 0.1) is 23.6 Å². The van der Waals surface area contributed by atoms with E-state index < -0.39 is 5.97 Å². The molecule has 0 bridgehead atoms. The van der Waals surface area contributed by atoms with Gasteiger partial charge in [-0.25, -0.2) is 4.79 Å². The molecule has 1 heterocycles. The van der Waals surface area contributed by atoms with Crippen LogP contribution in [0.3, 0.4) is 0 Å². The summed E-state index contributed by atoms with van der Waals surface area (Å²) in [7, 11) is 1.29. The number of nitrogens with zero attached hydrogens (tertiary/aromatic N) is 1. The van der Waals surface area contributed by atoms with Crippen molar-refractivity contribution in [3.63, 3.8) is 0 Å². The molecule has 0 saturated heterocycles. The summed E-state index contributed by atoms with van der Waals surface area (Å²) in [4.78, 5) is 39.5. The second-order valence-electron chi connectivity index (χ2n) is 6.83. The molecule has 0 unspecified atom stereocenters. The molecule has 156 valence electrons. The molecule has 0 aliphatic rings. The number of esters is 1. The highest BCUT2D eigenvalue weighted by Crippen LogP contribution is 2.12. The van der Waals surface area contributed by atoms with Crippen molar-refractivity contribution in [2.45, 2.75) is 25.8 Å². The number of benzene rings is 2. The first kappa shape index (κ1) is 21.4. The molecule has 30 heavy (non-hydrogen) atoms. The van der Waals surface area contributed by atoms with Crippen LogP contribution in [0.25, 0.3) is 10.9 Å². The first-order valence-electron chi connectivity index (χ1n) is 9.65. The first-order valence-corrected chi connectivity index (χ1v) is 10.1. The number of aromatic amines is 1. The van der Waals surface area contributed by atoms with Gasteiger partial charge in [-0.05, 0) is 48.8 Å². The van der Waals surface area contributed by atoms with E-state index in [-0.39, 0.29) is 29.2 Å². The third-order valence-corrected chi connectivity index (χ3v) is 5.10. The van der Waals surface area contributed by atoms with Crippen molar-refractivity contribution in [2.24, 2.45) is 0 Å². The summed E-state index contributed by atoms with van der Waals surface area (Å²) in [6, 6.07) is 14.7. The Balaban J connectivity index is 1.60. The Morgan fingerprint density at radius 2 is 1.93 bits per heavy atom. The predicted octanol–water partition coefficient (Wildman–Crippen LogP) is 2.98. The lowest BCUT2D eigenvalue weighted by Crippen LogP contribution is -2.29. The zero-order valence-electron chi connectivity index (χ0n) is 16.6. The average molecular weight is 426 g/mol. The molecule has 8 heteroatoms. The number of aryl methyl sites for hydroxylation is 1. The maximum Gasteiger partial charge on any atom is 0.337 e. The van der Waals surface area contributed by atoms with Gasteiger partial charge in [-0.15, -0.1) is 0 Å². The second-order valence-corrected chi connectivity index (χ2v) is 7.21. The van der Waals surface area contributed by atoms with E-state index in [1.165, 1.54) is 29.4 Å². The van der Waals surface area contributed by atoms with Crippen molar-refractivity contribution in [1.29, 1.82) is 0 Å². The number of amides is 1. The zero-order valence-corrected chi connectivity index (χ0v) is 17.5. The molecule has 0 atom stereocenters. The molecule has 0 aliphatic carbocycles. The fraction of sp³-hybridized carbons (Fsp3) is 0.273. The van der Waals surface area contributed by atoms with Gasteiger partial charge in [0.15, 0.2) is 4.77 Å². The van der Waals surface area contributed by atoms with E-state index >= 15 is 0 Å². The van der Waals surface area contributed by atoms with Crippen molar-refractivity contribution >= 4 is 35.0 Å². The third kappa shape index (κ3) is 5.21. The Morgan fingerprint density at radius 1 is 1.17 bits per heavy atom. The van der Waals surface area contributed by atoms with E-state index in [9.17, 15) is 14.4 Å². The van der Waals surface area contributed by atoms with Crippen LogP contribution in [0, 0.1) is 4.77 Å². The fourth-order valence-electron chi connectivity index (χ4n) is 3.17. The van der Waals surface area contributed by atoms with Gasteiger partial charge in [0, 0.05) is 19.5 Å². The molecule has 2 N–H and O–H groups in total. The number of fused-ring (bicyclic) bond motifs is 1. The molecule has 2 aromatic carbocycles. The monoisotopic (exact) mass is 425 g/mol. The molecule has 0 spiro atoms. The van der Waals surface area contributed by atoms with E-state index in [1.807, 2.05) is 18.2 Å². The van der Waals surface area contributed by atoms with Crippen molar-refractivity contribution < 1.29 is 14.3 Å². The normalized spacial score (nSPS) is 10.7. The minimum atomic E-state index is -0.496. The summed E-state index contributed by atoms with van der Waals surface area (Å²) in [5, 5.41) is 3.26. The highest BCUT2D eigenvalue weighted by molar-refractivity contribution is 7.71. The van der Waals surface area contributed by atoms with Gasteiger partial charge in [0.1, 0.15) is 0 Å². The SMILES string of the molecule is COC(=O)c1ccc2c(=O)n(CCC(=O)NCCCc3ccccc3)c(=S)[nH]c2c1. The summed E-state index contributed by atoms with van der Waals surface area (Å²) in [6.07, 6.45) is 1.88. The van der Waals surface area contributed by atoms with Gasteiger partial charge < -0.3 is 15.0 Å². The van der Waals surface area contributed by atoms with Gasteiger partial charge in [0.25, 0.3) is 5.56 Å². The molecular formula is C22H23N3O4S. The Labute approximate surface area is 178 Å². The number of carbonyl (C=O) groups is 2. The Morgan fingerprint density at radius 3 is 2.67 bits per heavy atom. The highest BCUT2D eigenvalue weighted by atomic mass is 32.1. The van der Waals surface area contributed by atoms with Crippen LogP contribution in [0.4, 0.5) is 0 Å². The average Bonchev–Trinajstić information content (AvgIpc) is 2.76. The molecule has 1 aromatic heterocycles. The van der Waals surface area contributed by atoms with E-state index in [2.05, 4.69) is 22.4 Å². The number of H-pyrrole nitrogens is 1. The first-order chi connectivity index (χ1) is 14.5. The second kappa shape index (κ2) is 9.98. The molecular weight excluding hydrogens is 402 g/mol. The zero-order chi connectivity index (χ0) is 21.5. The van der Waals surface area contributed by atoms with Crippen LogP contribution in [-0.2, 0) is 22.5 Å². The van der Waals surface area contributed by atoms with Crippen LogP contribution in [0.15, 0.2) is 53.3 Å². The summed E-state index contributed by atoms with van der Waals surface area (Å²) < 4.78 is 6.25. The van der Waals surface area contributed by atoms with Crippen molar-refractivity contribution in [3.8, 4) is 0 Å². The van der Waals surface area contributed by atoms with Crippen LogP contribution in [-0.4, -0.2) is 35.1 Å². The highest BCUT2D eigenvalue weighted by Gasteiger charge is 2.11. The Kier molecular flexibility index (Phi) is 7.13. The standard InChI is InChI=1S/C22H23N3O4S/c1-29-21(28)16-9-10-17-18(14-16)24-22(30)25(20(17)27)13-11-19(26)23-12-5-8-15-6-3-2-4-7-15/h2-4,6-7,9-10,14H,5,8,11-13H2,1H3,(H,23,26)(H,24,30). The van der Waals surface area contributed by atoms with Gasteiger partial charge >= 0.3 is 5.97 Å². The smallest absolute Gasteiger partial charge is 0.337 e. The van der Waals surface area contributed by atoms with E-state index in [1.54, 1.807) is 6.07 Å². The molecule has 0 fully saturated rings. The summed E-state index contributed by atoms with van der Waals surface area (Å²) in [5.74, 6) is -0.630. The van der Waals surface area contributed by atoms with Gasteiger partial charge in [-0.1, -0.05) is 30.3 Å². The van der Waals surface area contributed by atoms with Crippen LogP contribution < -0.4 is 10.9 Å². The van der Waals surface area contributed by atoms with Crippen LogP contribution in [0.5, 0.6) is 0 Å². The van der Waals surface area contributed by atoms with E-state index in [4.69, 9.17) is 17.0 Å². The quantitative estimate of drug-likeness (QED) is 0.329. The van der Waals surface area contributed by atoms with Crippen LogP contribution in [0.2, 0.25) is 0 Å². The van der Waals surface area contributed by atoms with Crippen LogP contribution in [0.1, 0.15) is 28.8 Å². The lowest BCUT2D eigenvalue weighted by atomic mass is 10.1. The lowest BCUT2D eigenvalue weighted by Gasteiger charge is -2.09. The maximum absolute atomic E-state index is 12.8.